The molecule has 2 nitrogen and oxygen atoms in total. The standard InChI is InChI=1S/C11H22.C5H10O2.CH2Cl2/c1-2-11-9-7-5-3-4-6-8-10-11;1-5(2,3)7-4-6;2-1-3/h11H,2-10H2,1H3;4H,1-3H3;1H2. The molecule has 1 saturated carbocycles. The SMILES string of the molecule is CC(C)(C)OC=O.CCC1CCCCCCCC1.ClCCl. The van der Waals surface area contributed by atoms with Gasteiger partial charge < -0.3 is 4.74 Å². The van der Waals surface area contributed by atoms with Crippen molar-refractivity contribution in [2.75, 3.05) is 5.34 Å². The van der Waals surface area contributed by atoms with E-state index in [-0.39, 0.29) is 10.9 Å². The van der Waals surface area contributed by atoms with Crippen LogP contribution in [-0.4, -0.2) is 17.4 Å². The van der Waals surface area contributed by atoms with Gasteiger partial charge in [-0.05, 0) is 26.7 Å². The molecule has 1 aliphatic rings. The fourth-order valence-corrected chi connectivity index (χ4v) is 2.27. The molecule has 128 valence electrons. The molecule has 0 unspecified atom stereocenters. The van der Waals surface area contributed by atoms with Crippen molar-refractivity contribution < 1.29 is 9.53 Å². The minimum Gasteiger partial charge on any atom is -0.462 e. The largest absolute Gasteiger partial charge is 0.462 e. The summed E-state index contributed by atoms with van der Waals surface area (Å²) >= 11 is 9.53. The summed E-state index contributed by atoms with van der Waals surface area (Å²) in [6, 6.07) is 0. The van der Waals surface area contributed by atoms with Crippen molar-refractivity contribution >= 4 is 29.7 Å². The molecule has 21 heavy (non-hydrogen) atoms. The van der Waals surface area contributed by atoms with Gasteiger partial charge in [-0.25, -0.2) is 0 Å². The molecular weight excluding hydrogens is 307 g/mol. The molecule has 0 radical (unpaired) electrons. The van der Waals surface area contributed by atoms with E-state index in [2.05, 4.69) is 11.7 Å². The Labute approximate surface area is 141 Å². The number of hydrogen-bond donors (Lipinski definition) is 0. The molecule has 0 atom stereocenters. The number of carbonyl (C=O) groups excluding carboxylic acids is 1. The van der Waals surface area contributed by atoms with Crippen molar-refractivity contribution in [3.05, 3.63) is 0 Å². The molecule has 0 aromatic heterocycles. The second-order valence-corrected chi connectivity index (χ2v) is 7.21. The van der Waals surface area contributed by atoms with Crippen molar-refractivity contribution in [3.63, 3.8) is 0 Å². The highest BCUT2D eigenvalue weighted by atomic mass is 35.5. The van der Waals surface area contributed by atoms with Gasteiger partial charge in [0.05, 0.1) is 5.34 Å². The molecule has 0 amide bonds. The first-order valence-corrected chi connectivity index (χ1v) is 9.21. The molecule has 0 spiro atoms. The van der Waals surface area contributed by atoms with Crippen LogP contribution in [-0.2, 0) is 9.53 Å². The van der Waals surface area contributed by atoms with Crippen molar-refractivity contribution in [2.24, 2.45) is 5.92 Å². The summed E-state index contributed by atoms with van der Waals surface area (Å²) < 4.78 is 4.55. The molecule has 0 heterocycles. The van der Waals surface area contributed by atoms with Gasteiger partial charge in [0.15, 0.2) is 0 Å². The van der Waals surface area contributed by atoms with Crippen molar-refractivity contribution in [1.82, 2.24) is 0 Å². The number of halogens is 2. The minimum absolute atomic E-state index is 0.194. The number of hydrogen-bond acceptors (Lipinski definition) is 2. The maximum atomic E-state index is 9.60. The van der Waals surface area contributed by atoms with Gasteiger partial charge in [-0.1, -0.05) is 64.7 Å². The van der Waals surface area contributed by atoms with Gasteiger partial charge in [-0.15, -0.1) is 23.2 Å². The summed E-state index contributed by atoms with van der Waals surface area (Å²) in [7, 11) is 0. The minimum atomic E-state index is -0.318. The van der Waals surface area contributed by atoms with Crippen LogP contribution in [0.15, 0.2) is 0 Å². The van der Waals surface area contributed by atoms with E-state index < -0.39 is 0 Å². The first-order valence-electron chi connectivity index (χ1n) is 8.14. The van der Waals surface area contributed by atoms with E-state index in [1.165, 1.54) is 57.8 Å². The van der Waals surface area contributed by atoms with Crippen LogP contribution in [0.2, 0.25) is 0 Å². The van der Waals surface area contributed by atoms with E-state index in [0.29, 0.717) is 6.47 Å². The van der Waals surface area contributed by atoms with Crippen molar-refractivity contribution in [3.8, 4) is 0 Å². The summed E-state index contributed by atoms with van der Waals surface area (Å²) in [6.45, 7) is 8.27. The molecule has 0 aromatic rings. The zero-order valence-electron chi connectivity index (χ0n) is 14.3. The lowest BCUT2D eigenvalue weighted by Crippen LogP contribution is -2.17. The zero-order chi connectivity index (χ0) is 16.6. The highest BCUT2D eigenvalue weighted by molar-refractivity contribution is 6.40. The number of rotatable bonds is 2. The Morgan fingerprint density at radius 3 is 1.62 bits per heavy atom. The predicted octanol–water partition coefficient (Wildman–Crippen LogP) is 6.53. The van der Waals surface area contributed by atoms with E-state index in [9.17, 15) is 4.79 Å². The lowest BCUT2D eigenvalue weighted by Gasteiger charge is -2.14. The highest BCUT2D eigenvalue weighted by Gasteiger charge is 2.08. The molecule has 1 aliphatic carbocycles. The summed E-state index contributed by atoms with van der Waals surface area (Å²) in [4.78, 5) is 9.60. The number of carbonyl (C=O) groups is 1. The first-order chi connectivity index (χ1) is 9.91. The van der Waals surface area contributed by atoms with Gasteiger partial charge in [0.2, 0.25) is 0 Å². The van der Waals surface area contributed by atoms with Crippen LogP contribution in [0.4, 0.5) is 0 Å². The summed E-state index contributed by atoms with van der Waals surface area (Å²) in [5.74, 6) is 1.06. The predicted molar refractivity (Wildman–Crippen MR) is 94.2 cm³/mol. The average Bonchev–Trinajstić information content (AvgIpc) is 2.52. The number of ether oxygens (including phenoxy) is 1. The molecule has 0 bridgehead atoms. The van der Waals surface area contributed by atoms with Gasteiger partial charge in [-0.2, -0.15) is 0 Å². The summed E-state index contributed by atoms with van der Waals surface area (Å²) in [6.07, 6.45) is 13.4. The Morgan fingerprint density at radius 2 is 1.38 bits per heavy atom. The number of alkyl halides is 2. The molecule has 1 fully saturated rings. The maximum Gasteiger partial charge on any atom is 0.293 e. The maximum absolute atomic E-state index is 9.60. The van der Waals surface area contributed by atoms with Crippen LogP contribution >= 0.6 is 23.2 Å². The van der Waals surface area contributed by atoms with Crippen LogP contribution < -0.4 is 0 Å². The Morgan fingerprint density at radius 1 is 1.00 bits per heavy atom. The lowest BCUT2D eigenvalue weighted by molar-refractivity contribution is -0.138. The van der Waals surface area contributed by atoms with Gasteiger partial charge in [0, 0.05) is 0 Å². The molecule has 0 aromatic carbocycles. The Hall–Kier alpha value is 0.0500. The van der Waals surface area contributed by atoms with Crippen molar-refractivity contribution in [2.45, 2.75) is 91.1 Å². The van der Waals surface area contributed by atoms with E-state index in [4.69, 9.17) is 23.2 Å². The molecule has 0 N–H and O–H groups in total. The van der Waals surface area contributed by atoms with Crippen LogP contribution in [0, 0.1) is 5.92 Å². The molecular formula is C17H34Cl2O2. The van der Waals surface area contributed by atoms with E-state index in [1.54, 1.807) is 0 Å². The van der Waals surface area contributed by atoms with Crippen LogP contribution in [0.1, 0.15) is 85.5 Å². The second-order valence-electron chi connectivity index (χ2n) is 6.40. The molecule has 1 rings (SSSR count). The fourth-order valence-electron chi connectivity index (χ4n) is 2.27. The van der Waals surface area contributed by atoms with Gasteiger partial charge in [0.1, 0.15) is 5.60 Å². The topological polar surface area (TPSA) is 26.3 Å². The quantitative estimate of drug-likeness (QED) is 0.422. The third-order valence-electron chi connectivity index (χ3n) is 3.45. The van der Waals surface area contributed by atoms with E-state index >= 15 is 0 Å². The Balaban J connectivity index is 0. The Bertz CT molecular complexity index is 205. The van der Waals surface area contributed by atoms with Crippen LogP contribution in [0.3, 0.4) is 0 Å². The average molecular weight is 341 g/mol. The smallest absolute Gasteiger partial charge is 0.293 e. The molecule has 0 aliphatic heterocycles. The van der Waals surface area contributed by atoms with Gasteiger partial charge >= 0.3 is 0 Å². The van der Waals surface area contributed by atoms with Crippen LogP contribution in [0.25, 0.3) is 0 Å². The lowest BCUT2D eigenvalue weighted by atomic mass is 9.95. The van der Waals surface area contributed by atoms with Crippen molar-refractivity contribution in [1.29, 1.82) is 0 Å². The van der Waals surface area contributed by atoms with Crippen LogP contribution in [0.5, 0.6) is 0 Å². The third kappa shape index (κ3) is 22.5. The monoisotopic (exact) mass is 340 g/mol. The first kappa shape index (κ1) is 23.3. The highest BCUT2D eigenvalue weighted by Crippen LogP contribution is 2.23. The van der Waals surface area contributed by atoms with E-state index in [0.717, 1.165) is 5.92 Å². The summed E-state index contributed by atoms with van der Waals surface area (Å²) in [5, 5.41) is 0.194. The molecule has 0 saturated heterocycles. The van der Waals surface area contributed by atoms with Gasteiger partial charge in [-0.3, -0.25) is 4.79 Å². The normalized spacial score (nSPS) is 16.9. The summed E-state index contributed by atoms with van der Waals surface area (Å²) in [5.41, 5.74) is -0.318. The second kappa shape index (κ2) is 16.4. The third-order valence-corrected chi connectivity index (χ3v) is 3.45. The fraction of sp³-hybridized carbons (Fsp3) is 0.941. The molecule has 4 heteroatoms. The van der Waals surface area contributed by atoms with E-state index in [1.807, 2.05) is 20.8 Å². The Kier molecular flexibility index (Phi) is 18.2. The van der Waals surface area contributed by atoms with Gasteiger partial charge in [0.25, 0.3) is 6.47 Å². The zero-order valence-corrected chi connectivity index (χ0v) is 15.8.